The first-order valence-electron chi connectivity index (χ1n) is 15.4. The number of cyclic esters (lactones) is 1. The molecule has 0 radical (unpaired) electrons. The van der Waals surface area contributed by atoms with Crippen LogP contribution in [-0.4, -0.2) is 135 Å². The Kier molecular flexibility index (Phi) is 13.2. The van der Waals surface area contributed by atoms with Crippen molar-refractivity contribution in [1.82, 2.24) is 9.80 Å². The fourth-order valence-electron chi connectivity index (χ4n) is 6.56. The van der Waals surface area contributed by atoms with Crippen molar-refractivity contribution >= 4 is 5.97 Å². The third-order valence-electron chi connectivity index (χ3n) is 9.58. The van der Waals surface area contributed by atoms with E-state index in [0.29, 0.717) is 13.1 Å². The first-order valence-corrected chi connectivity index (χ1v) is 15.4. The lowest BCUT2D eigenvalue weighted by molar-refractivity contribution is -0.272. The number of aliphatic hydroxyl groups is 5. The molecule has 2 rings (SSSR count). The molecule has 2 aliphatic heterocycles. The van der Waals surface area contributed by atoms with Gasteiger partial charge >= 0.3 is 5.97 Å². The molecule has 12 heteroatoms. The van der Waals surface area contributed by atoms with Crippen LogP contribution in [0.3, 0.4) is 0 Å². The van der Waals surface area contributed by atoms with Gasteiger partial charge in [0.1, 0.15) is 6.10 Å². The third kappa shape index (κ3) is 8.39. The second-order valence-corrected chi connectivity index (χ2v) is 13.2. The van der Waals surface area contributed by atoms with Crippen LogP contribution < -0.4 is 0 Å². The van der Waals surface area contributed by atoms with Crippen LogP contribution in [0.4, 0.5) is 4.39 Å². The highest BCUT2D eigenvalue weighted by Crippen LogP contribution is 2.36. The van der Waals surface area contributed by atoms with E-state index in [1.807, 2.05) is 25.8 Å². The third-order valence-corrected chi connectivity index (χ3v) is 9.58. The quantitative estimate of drug-likeness (QED) is 0.287. The molecule has 11 nitrogen and oxygen atoms in total. The van der Waals surface area contributed by atoms with Crippen molar-refractivity contribution in [2.75, 3.05) is 27.2 Å². The summed E-state index contributed by atoms with van der Waals surface area (Å²) in [5.41, 5.74) is -1.60. The average Bonchev–Trinajstić information content (AvgIpc) is 2.92. The van der Waals surface area contributed by atoms with Gasteiger partial charge in [-0.3, -0.25) is 4.79 Å². The van der Waals surface area contributed by atoms with Crippen molar-refractivity contribution in [1.29, 1.82) is 0 Å². The molecule has 248 valence electrons. The van der Waals surface area contributed by atoms with Crippen LogP contribution >= 0.6 is 0 Å². The first kappa shape index (κ1) is 37.2. The number of halogens is 1. The molecule has 0 amide bonds. The molecular formula is C30H57FN2O9. The molecule has 2 unspecified atom stereocenters. The number of hydrogen-bond donors (Lipinski definition) is 5. The van der Waals surface area contributed by atoms with Crippen molar-refractivity contribution in [3.63, 3.8) is 0 Å². The summed E-state index contributed by atoms with van der Waals surface area (Å²) in [6, 6.07) is -1.15. The van der Waals surface area contributed by atoms with Crippen LogP contribution in [0.25, 0.3) is 0 Å². The Bertz CT molecular complexity index is 865. The van der Waals surface area contributed by atoms with Crippen molar-refractivity contribution in [2.24, 2.45) is 17.8 Å². The van der Waals surface area contributed by atoms with E-state index in [4.69, 9.17) is 14.2 Å². The molecule has 0 aromatic rings. The van der Waals surface area contributed by atoms with Gasteiger partial charge in [-0.1, -0.05) is 27.7 Å². The molecular weight excluding hydrogens is 551 g/mol. The van der Waals surface area contributed by atoms with Gasteiger partial charge in [0.25, 0.3) is 5.85 Å². The molecule has 0 bridgehead atoms. The zero-order valence-corrected chi connectivity index (χ0v) is 27.1. The molecule has 0 spiro atoms. The van der Waals surface area contributed by atoms with Gasteiger partial charge in [-0.2, -0.15) is 0 Å². The SMILES string of the molecule is CC[C@H]1OC(=O)[C@H](C)[C@@H](O[C@H]2CC(N(C)CC)[C@H](O)C(C)O2)[C@H](C)[C@@H](O)[C@](C)(O)C[C@@H](C)CN(C)[C@H](C)[C@@H](O)[C@@]1(O)F. The summed E-state index contributed by atoms with van der Waals surface area (Å²) < 4.78 is 33.6. The highest BCUT2D eigenvalue weighted by atomic mass is 19.2. The summed E-state index contributed by atoms with van der Waals surface area (Å²) in [6.07, 6.45) is -7.86. The Labute approximate surface area is 250 Å². The largest absolute Gasteiger partial charge is 0.456 e. The van der Waals surface area contributed by atoms with Gasteiger partial charge in [0, 0.05) is 31.0 Å². The molecule has 2 saturated heterocycles. The fraction of sp³-hybridized carbons (Fsp3) is 0.967. The van der Waals surface area contributed by atoms with Crippen molar-refractivity contribution < 1.29 is 48.9 Å². The van der Waals surface area contributed by atoms with Crippen molar-refractivity contribution in [3.05, 3.63) is 0 Å². The normalized spacial score (nSPS) is 47.5. The van der Waals surface area contributed by atoms with Gasteiger partial charge in [0.05, 0.1) is 35.9 Å². The molecule has 0 aliphatic carbocycles. The Morgan fingerprint density at radius 3 is 2.24 bits per heavy atom. The minimum atomic E-state index is -3.25. The van der Waals surface area contributed by atoms with E-state index < -0.39 is 78.2 Å². The summed E-state index contributed by atoms with van der Waals surface area (Å²) in [7, 11) is 3.55. The smallest absolute Gasteiger partial charge is 0.311 e. The zero-order valence-electron chi connectivity index (χ0n) is 27.1. The van der Waals surface area contributed by atoms with Gasteiger partial charge in [-0.15, -0.1) is 0 Å². The molecule has 42 heavy (non-hydrogen) atoms. The number of nitrogens with zero attached hydrogens (tertiary/aromatic N) is 2. The standard InChI is InChI=1S/C30H57FN2O9/c1-11-22-30(31,39)27(36)19(6)33(10)15-16(3)14-29(8,38)26(35)17(4)25(18(5)28(37)41-22)42-23-13-21(32(9)12-2)24(34)20(7)40-23/h16-27,34-36,38-39H,11-15H2,1-10H3/t16-,17+,18-,19-,20?,21?,22-,23+,24-,25+,26-,27-,29-,30-/m1/s1. The van der Waals surface area contributed by atoms with E-state index >= 15 is 4.39 Å². The minimum absolute atomic E-state index is 0.111. The van der Waals surface area contributed by atoms with Crippen LogP contribution in [0.1, 0.15) is 74.7 Å². The highest BCUT2D eigenvalue weighted by molar-refractivity contribution is 5.73. The maximum atomic E-state index is 15.8. The average molecular weight is 609 g/mol. The Morgan fingerprint density at radius 1 is 1.10 bits per heavy atom. The minimum Gasteiger partial charge on any atom is -0.456 e. The summed E-state index contributed by atoms with van der Waals surface area (Å²) in [5.74, 6) is -6.26. The Hall–Kier alpha value is -0.960. The van der Waals surface area contributed by atoms with E-state index in [1.165, 1.54) is 20.8 Å². The molecule has 2 heterocycles. The van der Waals surface area contributed by atoms with E-state index in [-0.39, 0.29) is 31.2 Å². The summed E-state index contributed by atoms with van der Waals surface area (Å²) >= 11 is 0. The topological polar surface area (TPSA) is 152 Å². The first-order chi connectivity index (χ1) is 19.3. The molecule has 5 N–H and O–H groups in total. The van der Waals surface area contributed by atoms with Crippen LogP contribution in [0.2, 0.25) is 0 Å². The number of carbonyl (C=O) groups is 1. The van der Waals surface area contributed by atoms with Crippen LogP contribution in [0.5, 0.6) is 0 Å². The lowest BCUT2D eigenvalue weighted by atomic mass is 9.78. The second-order valence-electron chi connectivity index (χ2n) is 13.2. The number of rotatable bonds is 5. The van der Waals surface area contributed by atoms with Crippen molar-refractivity contribution in [2.45, 2.75) is 141 Å². The fourth-order valence-corrected chi connectivity index (χ4v) is 6.56. The van der Waals surface area contributed by atoms with Gasteiger partial charge in [0.2, 0.25) is 0 Å². The van der Waals surface area contributed by atoms with E-state index in [2.05, 4.69) is 0 Å². The lowest BCUT2D eigenvalue weighted by Gasteiger charge is -2.45. The lowest BCUT2D eigenvalue weighted by Crippen LogP contribution is -2.58. The van der Waals surface area contributed by atoms with Crippen LogP contribution in [-0.2, 0) is 19.0 Å². The maximum absolute atomic E-state index is 15.8. The molecule has 14 atom stereocenters. The van der Waals surface area contributed by atoms with Crippen LogP contribution in [0, 0.1) is 17.8 Å². The van der Waals surface area contributed by atoms with Crippen LogP contribution in [0.15, 0.2) is 0 Å². The van der Waals surface area contributed by atoms with Crippen molar-refractivity contribution in [3.8, 4) is 0 Å². The molecule has 0 saturated carbocycles. The molecule has 0 aromatic heterocycles. The number of carbonyl (C=O) groups excluding carboxylic acids is 1. The van der Waals surface area contributed by atoms with E-state index in [1.54, 1.807) is 32.7 Å². The van der Waals surface area contributed by atoms with E-state index in [9.17, 15) is 30.3 Å². The number of alkyl halides is 1. The Balaban J connectivity index is 2.52. The molecule has 2 fully saturated rings. The number of ether oxygens (including phenoxy) is 3. The number of hydrogen-bond acceptors (Lipinski definition) is 11. The summed E-state index contributed by atoms with van der Waals surface area (Å²) in [5, 5.41) is 55.3. The predicted molar refractivity (Wildman–Crippen MR) is 155 cm³/mol. The maximum Gasteiger partial charge on any atom is 0.311 e. The van der Waals surface area contributed by atoms with Gasteiger partial charge in [0.15, 0.2) is 12.4 Å². The number of esters is 1. The summed E-state index contributed by atoms with van der Waals surface area (Å²) in [6.45, 7) is 14.3. The number of likely N-dealkylation sites (N-methyl/N-ethyl adjacent to an activating group) is 2. The van der Waals surface area contributed by atoms with Gasteiger partial charge in [-0.25, -0.2) is 4.39 Å². The number of aliphatic hydroxyl groups excluding tert-OH is 3. The molecule has 2 aliphatic rings. The predicted octanol–water partition coefficient (Wildman–Crippen LogP) is 1.27. The zero-order chi connectivity index (χ0) is 32.3. The van der Waals surface area contributed by atoms with Gasteiger partial charge < -0.3 is 49.5 Å². The summed E-state index contributed by atoms with van der Waals surface area (Å²) in [4.78, 5) is 17.2. The van der Waals surface area contributed by atoms with E-state index in [0.717, 1.165) is 0 Å². The van der Waals surface area contributed by atoms with Gasteiger partial charge in [-0.05, 0) is 67.1 Å². The second kappa shape index (κ2) is 14.9. The highest BCUT2D eigenvalue weighted by Gasteiger charge is 2.51. The Morgan fingerprint density at radius 2 is 1.69 bits per heavy atom. The monoisotopic (exact) mass is 608 g/mol. The molecule has 0 aromatic carbocycles.